The van der Waals surface area contributed by atoms with Crippen LogP contribution in [-0.2, 0) is 4.79 Å². The van der Waals surface area contributed by atoms with E-state index in [1.807, 2.05) is 19.9 Å². The first-order chi connectivity index (χ1) is 11.0. The summed E-state index contributed by atoms with van der Waals surface area (Å²) in [6, 6.07) is 6.91. The monoisotopic (exact) mass is 317 g/mol. The minimum Gasteiger partial charge on any atom is -0.422 e. The summed E-state index contributed by atoms with van der Waals surface area (Å²) in [5.74, 6) is -1.38. The number of amides is 2. The third-order valence-electron chi connectivity index (χ3n) is 3.52. The van der Waals surface area contributed by atoms with Gasteiger partial charge in [0.25, 0.3) is 5.91 Å². The van der Waals surface area contributed by atoms with Crippen LogP contribution >= 0.6 is 0 Å². The molecular weight excluding hydrogens is 298 g/mol. The predicted molar refractivity (Wildman–Crippen MR) is 87.6 cm³/mol. The van der Waals surface area contributed by atoms with Crippen molar-refractivity contribution in [2.45, 2.75) is 13.8 Å². The van der Waals surface area contributed by atoms with Gasteiger partial charge in [-0.15, -0.1) is 0 Å². The average Bonchev–Trinajstić information content (AvgIpc) is 2.53. The zero-order valence-electron chi connectivity index (χ0n) is 13.1. The molecule has 0 aliphatic rings. The van der Waals surface area contributed by atoms with Crippen LogP contribution < -0.4 is 21.6 Å². The lowest BCUT2D eigenvalue weighted by molar-refractivity contribution is -0.117. The molecule has 122 valence electrons. The van der Waals surface area contributed by atoms with E-state index in [1.165, 1.54) is 6.07 Å². The maximum absolute atomic E-state index is 12.0. The molecule has 1 heterocycles. The van der Waals surface area contributed by atoms with Gasteiger partial charge in [0.2, 0.25) is 5.91 Å². The van der Waals surface area contributed by atoms with Crippen molar-refractivity contribution in [1.82, 2.24) is 5.32 Å². The van der Waals surface area contributed by atoms with Gasteiger partial charge < -0.3 is 20.4 Å². The fourth-order valence-corrected chi connectivity index (χ4v) is 2.31. The van der Waals surface area contributed by atoms with Crippen LogP contribution in [0.25, 0.3) is 11.0 Å². The van der Waals surface area contributed by atoms with Crippen molar-refractivity contribution >= 4 is 28.5 Å². The number of hydrogen-bond acceptors (Lipinski definition) is 5. The Morgan fingerprint density at radius 2 is 1.91 bits per heavy atom. The number of rotatable bonds is 6. The summed E-state index contributed by atoms with van der Waals surface area (Å²) in [5, 5.41) is 2.90. The molecule has 0 saturated heterocycles. The molecule has 0 atom stereocenters. The molecule has 3 N–H and O–H groups in total. The van der Waals surface area contributed by atoms with Gasteiger partial charge in [0.05, 0.1) is 6.54 Å². The molecule has 0 radical (unpaired) electrons. The average molecular weight is 317 g/mol. The number of nitrogens with one attached hydrogen (secondary N) is 1. The van der Waals surface area contributed by atoms with E-state index < -0.39 is 17.4 Å². The van der Waals surface area contributed by atoms with E-state index in [1.54, 1.807) is 12.1 Å². The van der Waals surface area contributed by atoms with Gasteiger partial charge in [-0.05, 0) is 32.0 Å². The van der Waals surface area contributed by atoms with Gasteiger partial charge in [-0.2, -0.15) is 0 Å². The molecule has 0 saturated carbocycles. The molecule has 23 heavy (non-hydrogen) atoms. The SMILES string of the molecule is CCN(CC)c1ccc2cc(C(=O)NCC(N)=O)c(=O)oc2c1. The third kappa shape index (κ3) is 3.68. The van der Waals surface area contributed by atoms with Crippen LogP contribution in [0.15, 0.2) is 33.5 Å². The van der Waals surface area contributed by atoms with Crippen molar-refractivity contribution in [3.8, 4) is 0 Å². The summed E-state index contributed by atoms with van der Waals surface area (Å²) >= 11 is 0. The highest BCUT2D eigenvalue weighted by Gasteiger charge is 2.14. The van der Waals surface area contributed by atoms with Gasteiger partial charge in [0, 0.05) is 30.2 Å². The number of carbonyl (C=O) groups is 2. The van der Waals surface area contributed by atoms with Gasteiger partial charge in [0.15, 0.2) is 0 Å². The topological polar surface area (TPSA) is 106 Å². The largest absolute Gasteiger partial charge is 0.422 e. The molecule has 0 bridgehead atoms. The molecule has 7 heteroatoms. The Bertz CT molecular complexity index is 794. The molecular formula is C16H19N3O4. The van der Waals surface area contributed by atoms with Crippen molar-refractivity contribution in [3.63, 3.8) is 0 Å². The molecule has 1 aromatic carbocycles. The highest BCUT2D eigenvalue weighted by Crippen LogP contribution is 2.21. The highest BCUT2D eigenvalue weighted by atomic mass is 16.4. The lowest BCUT2D eigenvalue weighted by Gasteiger charge is -2.20. The van der Waals surface area contributed by atoms with Gasteiger partial charge in [-0.1, -0.05) is 0 Å². The lowest BCUT2D eigenvalue weighted by Crippen LogP contribution is -2.35. The fourth-order valence-electron chi connectivity index (χ4n) is 2.31. The van der Waals surface area contributed by atoms with Crippen molar-refractivity contribution < 1.29 is 14.0 Å². The number of benzene rings is 1. The van der Waals surface area contributed by atoms with Crippen LogP contribution in [0.5, 0.6) is 0 Å². The van der Waals surface area contributed by atoms with E-state index in [4.69, 9.17) is 10.2 Å². The van der Waals surface area contributed by atoms with Crippen molar-refractivity contribution in [2.75, 3.05) is 24.5 Å². The van der Waals surface area contributed by atoms with Crippen LogP contribution in [0.4, 0.5) is 5.69 Å². The lowest BCUT2D eigenvalue weighted by atomic mass is 10.1. The second kappa shape index (κ2) is 6.95. The molecule has 0 aliphatic carbocycles. The third-order valence-corrected chi connectivity index (χ3v) is 3.52. The van der Waals surface area contributed by atoms with E-state index >= 15 is 0 Å². The summed E-state index contributed by atoms with van der Waals surface area (Å²) in [6.07, 6.45) is 0. The first kappa shape index (κ1) is 16.5. The number of hydrogen-bond donors (Lipinski definition) is 2. The first-order valence-electron chi connectivity index (χ1n) is 7.35. The number of nitrogens with two attached hydrogens (primary N) is 1. The van der Waals surface area contributed by atoms with Crippen LogP contribution in [0, 0.1) is 0 Å². The first-order valence-corrected chi connectivity index (χ1v) is 7.35. The zero-order chi connectivity index (χ0) is 17.0. The Kier molecular flexibility index (Phi) is 5.00. The Morgan fingerprint density at radius 3 is 2.52 bits per heavy atom. The Balaban J connectivity index is 2.39. The summed E-state index contributed by atoms with van der Waals surface area (Å²) in [6.45, 7) is 5.41. The van der Waals surface area contributed by atoms with Crippen LogP contribution in [0.3, 0.4) is 0 Å². The summed E-state index contributed by atoms with van der Waals surface area (Å²) in [5.41, 5.74) is 5.40. The van der Waals surface area contributed by atoms with E-state index in [-0.39, 0.29) is 12.1 Å². The summed E-state index contributed by atoms with van der Waals surface area (Å²) in [4.78, 5) is 36.7. The Hall–Kier alpha value is -2.83. The molecule has 0 aliphatic heterocycles. The number of anilines is 1. The predicted octanol–water partition coefficient (Wildman–Crippen LogP) is 0.854. The molecule has 7 nitrogen and oxygen atoms in total. The number of fused-ring (bicyclic) bond motifs is 1. The fraction of sp³-hybridized carbons (Fsp3) is 0.312. The second-order valence-corrected chi connectivity index (χ2v) is 4.99. The maximum atomic E-state index is 12.0. The summed E-state index contributed by atoms with van der Waals surface area (Å²) < 4.78 is 5.24. The molecule has 2 rings (SSSR count). The molecule has 2 amide bonds. The van der Waals surface area contributed by atoms with Crippen LogP contribution in [-0.4, -0.2) is 31.4 Å². The summed E-state index contributed by atoms with van der Waals surface area (Å²) in [7, 11) is 0. The van der Waals surface area contributed by atoms with E-state index in [0.717, 1.165) is 18.8 Å². The van der Waals surface area contributed by atoms with E-state index in [2.05, 4.69) is 10.2 Å². The van der Waals surface area contributed by atoms with Crippen LogP contribution in [0.1, 0.15) is 24.2 Å². The molecule has 0 spiro atoms. The minimum atomic E-state index is -0.754. The van der Waals surface area contributed by atoms with Gasteiger partial charge in [-0.25, -0.2) is 4.79 Å². The molecule has 2 aromatic rings. The van der Waals surface area contributed by atoms with Crippen molar-refractivity contribution in [3.05, 3.63) is 40.2 Å². The second-order valence-electron chi connectivity index (χ2n) is 4.99. The van der Waals surface area contributed by atoms with Crippen LogP contribution in [0.2, 0.25) is 0 Å². The van der Waals surface area contributed by atoms with Gasteiger partial charge in [-0.3, -0.25) is 9.59 Å². The Labute approximate surface area is 133 Å². The standard InChI is InChI=1S/C16H19N3O4/c1-3-19(4-2)11-6-5-10-7-12(15(21)18-9-14(17)20)16(22)23-13(10)8-11/h5-8H,3-4,9H2,1-2H3,(H2,17,20)(H,18,21). The van der Waals surface area contributed by atoms with Gasteiger partial charge >= 0.3 is 5.63 Å². The normalized spacial score (nSPS) is 10.5. The molecule has 0 fully saturated rings. The number of carbonyl (C=O) groups excluding carboxylic acids is 2. The number of primary amides is 1. The smallest absolute Gasteiger partial charge is 0.349 e. The maximum Gasteiger partial charge on any atom is 0.349 e. The molecule has 1 aromatic heterocycles. The van der Waals surface area contributed by atoms with Gasteiger partial charge in [0.1, 0.15) is 11.1 Å². The minimum absolute atomic E-state index is 0.158. The quantitative estimate of drug-likeness (QED) is 0.769. The number of nitrogens with zero attached hydrogens (tertiary/aromatic N) is 1. The Morgan fingerprint density at radius 1 is 1.22 bits per heavy atom. The van der Waals surface area contributed by atoms with Crippen molar-refractivity contribution in [2.24, 2.45) is 5.73 Å². The van der Waals surface area contributed by atoms with Crippen molar-refractivity contribution in [1.29, 1.82) is 0 Å². The highest BCUT2D eigenvalue weighted by molar-refractivity contribution is 5.98. The van der Waals surface area contributed by atoms with E-state index in [0.29, 0.717) is 11.0 Å². The molecule has 0 unspecified atom stereocenters. The zero-order valence-corrected chi connectivity index (χ0v) is 13.1. The van der Waals surface area contributed by atoms with E-state index in [9.17, 15) is 14.4 Å².